The monoisotopic (exact) mass is 611 g/mol. The van der Waals surface area contributed by atoms with Gasteiger partial charge in [0.25, 0.3) is 0 Å². The number of nitrogens with one attached hydrogen (secondary N) is 2. The number of phenols is 1. The highest BCUT2D eigenvalue weighted by Gasteiger charge is 2.49. The van der Waals surface area contributed by atoms with Crippen molar-refractivity contribution in [3.63, 3.8) is 0 Å². The van der Waals surface area contributed by atoms with Crippen LogP contribution in [0.25, 0.3) is 0 Å². The average molecular weight is 612 g/mol. The van der Waals surface area contributed by atoms with Crippen molar-refractivity contribution in [3.8, 4) is 5.75 Å². The summed E-state index contributed by atoms with van der Waals surface area (Å²) in [4.78, 5) is 55.5. The molecule has 0 saturated heterocycles. The summed E-state index contributed by atoms with van der Waals surface area (Å²) in [6, 6.07) is 10.8. The standard InChI is InChI=1S/C33H45N3O8/c1-20-17-25(20)36(29(40)24(19-37)35-31(42)44-33(5,6)7)27(22-15-11-12-16-26(22)38)28(39)34-23(30(41)43-32(2,3)4)18-21-13-9-8-10-14-21/h8-16,20,23-25,27,37-38H,17-19H2,1-7H3,(H,34,39)(H,35,42). The van der Waals surface area contributed by atoms with Gasteiger partial charge < -0.3 is 35.2 Å². The summed E-state index contributed by atoms with van der Waals surface area (Å²) >= 11 is 0. The molecule has 0 aliphatic heterocycles. The third-order valence-corrected chi connectivity index (χ3v) is 6.90. The number of amides is 3. The molecule has 3 amide bonds. The second-order valence-electron chi connectivity index (χ2n) is 13.2. The largest absolute Gasteiger partial charge is 0.508 e. The van der Waals surface area contributed by atoms with Crippen LogP contribution in [0.4, 0.5) is 4.79 Å². The number of alkyl carbamates (subject to hydrolysis) is 1. The van der Waals surface area contributed by atoms with Gasteiger partial charge in [-0.15, -0.1) is 0 Å². The van der Waals surface area contributed by atoms with Gasteiger partial charge in [-0.3, -0.25) is 9.59 Å². The lowest BCUT2D eigenvalue weighted by molar-refractivity contribution is -0.159. The van der Waals surface area contributed by atoms with Crippen LogP contribution >= 0.6 is 0 Å². The van der Waals surface area contributed by atoms with Crippen LogP contribution in [0.2, 0.25) is 0 Å². The van der Waals surface area contributed by atoms with Crippen LogP contribution in [0.3, 0.4) is 0 Å². The fourth-order valence-electron chi connectivity index (χ4n) is 4.79. The van der Waals surface area contributed by atoms with Crippen LogP contribution in [0.15, 0.2) is 54.6 Å². The summed E-state index contributed by atoms with van der Waals surface area (Å²) in [7, 11) is 0. The molecule has 0 spiro atoms. The van der Waals surface area contributed by atoms with Gasteiger partial charge in [0.05, 0.1) is 6.61 Å². The first kappa shape index (κ1) is 34.4. The van der Waals surface area contributed by atoms with E-state index < -0.39 is 65.9 Å². The molecule has 0 heterocycles. The number of carbonyl (C=O) groups excluding carboxylic acids is 4. The molecule has 0 aromatic heterocycles. The Balaban J connectivity index is 2.03. The second-order valence-corrected chi connectivity index (χ2v) is 13.2. The van der Waals surface area contributed by atoms with Gasteiger partial charge in [0.1, 0.15) is 35.1 Å². The van der Waals surface area contributed by atoms with Crippen molar-refractivity contribution in [1.82, 2.24) is 15.5 Å². The van der Waals surface area contributed by atoms with Gasteiger partial charge in [0, 0.05) is 18.0 Å². The number of hydrogen-bond donors (Lipinski definition) is 4. The summed E-state index contributed by atoms with van der Waals surface area (Å²) in [6.07, 6.45) is -0.250. The molecule has 1 saturated carbocycles. The Kier molecular flexibility index (Phi) is 11.0. The number of aliphatic hydroxyl groups excluding tert-OH is 1. The smallest absolute Gasteiger partial charge is 0.408 e. The molecule has 2 aromatic carbocycles. The van der Waals surface area contributed by atoms with Crippen molar-refractivity contribution < 1.29 is 38.9 Å². The van der Waals surface area contributed by atoms with Gasteiger partial charge in [-0.1, -0.05) is 55.5 Å². The van der Waals surface area contributed by atoms with Crippen molar-refractivity contribution in [2.75, 3.05) is 6.61 Å². The third-order valence-electron chi connectivity index (χ3n) is 6.90. The quantitative estimate of drug-likeness (QED) is 0.281. The van der Waals surface area contributed by atoms with E-state index in [1.54, 1.807) is 53.7 Å². The Bertz CT molecular complexity index is 1320. The highest BCUT2D eigenvalue weighted by Crippen LogP contribution is 2.42. The molecule has 0 bridgehead atoms. The van der Waals surface area contributed by atoms with E-state index in [9.17, 15) is 29.4 Å². The minimum absolute atomic E-state index is 0.00746. The number of phenolic OH excluding ortho intramolecular Hbond substituents is 1. The SMILES string of the molecule is CC1CC1N(C(=O)C(CO)NC(=O)OC(C)(C)C)C(C(=O)NC(Cc1ccccc1)C(=O)OC(C)(C)C)c1ccccc1O. The van der Waals surface area contributed by atoms with E-state index in [0.717, 1.165) is 5.56 Å². The summed E-state index contributed by atoms with van der Waals surface area (Å²) in [5.41, 5.74) is -0.797. The first-order chi connectivity index (χ1) is 20.5. The Morgan fingerprint density at radius 2 is 1.45 bits per heavy atom. The number of aromatic hydroxyl groups is 1. The molecule has 1 aliphatic carbocycles. The molecule has 4 N–H and O–H groups in total. The van der Waals surface area contributed by atoms with Crippen molar-refractivity contribution in [2.45, 2.75) is 96.7 Å². The fourth-order valence-corrected chi connectivity index (χ4v) is 4.79. The van der Waals surface area contributed by atoms with E-state index >= 15 is 0 Å². The number of rotatable bonds is 11. The van der Waals surface area contributed by atoms with Gasteiger partial charge in [-0.05, 0) is 65.5 Å². The molecular weight excluding hydrogens is 566 g/mol. The van der Waals surface area contributed by atoms with Crippen molar-refractivity contribution >= 4 is 23.9 Å². The first-order valence-electron chi connectivity index (χ1n) is 14.8. The third kappa shape index (κ3) is 9.70. The molecular formula is C33H45N3O8. The summed E-state index contributed by atoms with van der Waals surface area (Å²) in [5, 5.41) is 26.2. The number of ether oxygens (including phenoxy) is 2. The van der Waals surface area contributed by atoms with E-state index in [-0.39, 0.29) is 23.7 Å². The first-order valence-corrected chi connectivity index (χ1v) is 14.8. The lowest BCUT2D eigenvalue weighted by Crippen LogP contribution is -2.56. The zero-order valence-electron chi connectivity index (χ0n) is 26.5. The Hall–Kier alpha value is -4.12. The van der Waals surface area contributed by atoms with Crippen molar-refractivity contribution in [3.05, 3.63) is 65.7 Å². The molecule has 44 heavy (non-hydrogen) atoms. The van der Waals surface area contributed by atoms with E-state index in [1.807, 2.05) is 37.3 Å². The fraction of sp³-hybridized carbons (Fsp3) is 0.515. The van der Waals surface area contributed by atoms with E-state index in [4.69, 9.17) is 9.47 Å². The zero-order valence-corrected chi connectivity index (χ0v) is 26.5. The van der Waals surface area contributed by atoms with Crippen LogP contribution < -0.4 is 10.6 Å². The van der Waals surface area contributed by atoms with Crippen LogP contribution in [-0.2, 0) is 30.3 Å². The molecule has 1 aliphatic rings. The van der Waals surface area contributed by atoms with E-state index in [0.29, 0.717) is 6.42 Å². The number of benzene rings is 2. The molecule has 2 aromatic rings. The van der Waals surface area contributed by atoms with Gasteiger partial charge in [-0.25, -0.2) is 9.59 Å². The van der Waals surface area contributed by atoms with Crippen LogP contribution in [-0.4, -0.2) is 74.9 Å². The van der Waals surface area contributed by atoms with Crippen LogP contribution in [0.5, 0.6) is 5.75 Å². The number of carbonyl (C=O) groups is 4. The van der Waals surface area contributed by atoms with E-state index in [1.165, 1.54) is 17.0 Å². The van der Waals surface area contributed by atoms with E-state index in [2.05, 4.69) is 10.6 Å². The lowest BCUT2D eigenvalue weighted by atomic mass is 9.99. The molecule has 240 valence electrons. The topological polar surface area (TPSA) is 154 Å². The maximum atomic E-state index is 14.3. The number of esters is 1. The maximum absolute atomic E-state index is 14.3. The number of para-hydroxylation sites is 1. The Morgan fingerprint density at radius 3 is 1.98 bits per heavy atom. The highest BCUT2D eigenvalue weighted by molar-refractivity contribution is 5.94. The number of hydrogen-bond acceptors (Lipinski definition) is 8. The summed E-state index contributed by atoms with van der Waals surface area (Å²) in [5.74, 6) is -2.39. The molecule has 1 fully saturated rings. The number of nitrogens with zero attached hydrogens (tertiary/aromatic N) is 1. The van der Waals surface area contributed by atoms with Gasteiger partial charge in [-0.2, -0.15) is 0 Å². The summed E-state index contributed by atoms with van der Waals surface area (Å²) < 4.78 is 10.9. The second kappa shape index (κ2) is 14.1. The van der Waals surface area contributed by atoms with Gasteiger partial charge in [0.15, 0.2) is 0 Å². The normalized spacial score (nSPS) is 18.3. The molecule has 11 heteroatoms. The predicted octanol–water partition coefficient (Wildman–Crippen LogP) is 3.63. The molecule has 0 radical (unpaired) electrons. The zero-order chi connectivity index (χ0) is 32.8. The number of aliphatic hydroxyl groups is 1. The van der Waals surface area contributed by atoms with Gasteiger partial charge >= 0.3 is 12.1 Å². The highest BCUT2D eigenvalue weighted by atomic mass is 16.6. The Morgan fingerprint density at radius 1 is 0.886 bits per heavy atom. The molecule has 5 unspecified atom stereocenters. The molecule has 11 nitrogen and oxygen atoms in total. The minimum Gasteiger partial charge on any atom is -0.508 e. The Labute approximate surface area is 258 Å². The maximum Gasteiger partial charge on any atom is 0.408 e. The van der Waals surface area contributed by atoms with Crippen LogP contribution in [0.1, 0.15) is 72.1 Å². The summed E-state index contributed by atoms with van der Waals surface area (Å²) in [6.45, 7) is 11.3. The predicted molar refractivity (Wildman–Crippen MR) is 163 cm³/mol. The van der Waals surface area contributed by atoms with Crippen molar-refractivity contribution in [2.24, 2.45) is 5.92 Å². The van der Waals surface area contributed by atoms with Crippen molar-refractivity contribution in [1.29, 1.82) is 0 Å². The molecule has 3 rings (SSSR count). The minimum atomic E-state index is -1.44. The molecule has 5 atom stereocenters. The van der Waals surface area contributed by atoms with Crippen LogP contribution in [0, 0.1) is 5.92 Å². The average Bonchev–Trinajstić information content (AvgIpc) is 3.64. The van der Waals surface area contributed by atoms with Gasteiger partial charge in [0.2, 0.25) is 11.8 Å². The lowest BCUT2D eigenvalue weighted by Gasteiger charge is -2.35.